The molecule has 0 saturated heterocycles. The number of carbonyl (C=O) groups excluding carboxylic acids is 3. The molecule has 0 spiro atoms. The van der Waals surface area contributed by atoms with E-state index in [1.54, 1.807) is 6.92 Å². The van der Waals surface area contributed by atoms with Crippen LogP contribution in [0.3, 0.4) is 0 Å². The average molecular weight is 476 g/mol. The Morgan fingerprint density at radius 3 is 2.37 bits per heavy atom. The number of anilines is 1. The molecule has 0 radical (unpaired) electrons. The first-order valence-electron chi connectivity index (χ1n) is 13.0. The molecule has 2 saturated carbocycles. The molecule has 1 aromatic carbocycles. The number of Topliss-reactive ketones (excluding diaryl/α,β-unsaturated/α-hetero) is 1. The number of ketones is 2. The number of carbonyl (C=O) groups is 3. The molecule has 4 unspecified atom stereocenters. The van der Waals surface area contributed by atoms with Gasteiger partial charge >= 0.3 is 5.97 Å². The molecular formula is C30H37NO4. The number of rotatable bonds is 4. The minimum atomic E-state index is -1.07. The van der Waals surface area contributed by atoms with Crippen LogP contribution in [0.15, 0.2) is 47.1 Å². The van der Waals surface area contributed by atoms with Crippen LogP contribution < -0.4 is 4.90 Å². The largest absolute Gasteiger partial charge is 0.451 e. The molecule has 1 aromatic rings. The Hall–Kier alpha value is -2.69. The minimum absolute atomic E-state index is 0.0323. The monoisotopic (exact) mass is 475 g/mol. The van der Waals surface area contributed by atoms with Crippen LogP contribution in [-0.4, -0.2) is 37.2 Å². The Morgan fingerprint density at radius 1 is 1.03 bits per heavy atom. The molecule has 186 valence electrons. The number of ether oxygens (including phenoxy) is 1. The zero-order chi connectivity index (χ0) is 25.1. The molecule has 0 amide bonds. The van der Waals surface area contributed by atoms with E-state index in [0.29, 0.717) is 18.8 Å². The third kappa shape index (κ3) is 3.61. The molecule has 0 N–H and O–H groups in total. The van der Waals surface area contributed by atoms with Gasteiger partial charge in [-0.3, -0.25) is 14.4 Å². The Balaban J connectivity index is 1.68. The summed E-state index contributed by atoms with van der Waals surface area (Å²) in [4.78, 5) is 39.8. The summed E-state index contributed by atoms with van der Waals surface area (Å²) < 4.78 is 6.00. The lowest BCUT2D eigenvalue weighted by Gasteiger charge is -2.55. The van der Waals surface area contributed by atoms with Crippen LogP contribution in [0.1, 0.15) is 77.2 Å². The third-order valence-corrected chi connectivity index (χ3v) is 9.55. The number of allylic oxidation sites excluding steroid dienone is 4. The SMILES string of the molecule is CC(=O)OC1(C(C)=O)CCC2C3CCC4=CC(=O)CCC4=C3C(c3ccc(N(C)C)cc3)C[C@@]21C. The van der Waals surface area contributed by atoms with Crippen molar-refractivity contribution in [1.82, 2.24) is 0 Å². The van der Waals surface area contributed by atoms with Gasteiger partial charge in [-0.2, -0.15) is 0 Å². The standard InChI is InChI=1S/C30H37NO4/c1-18(32)30(35-19(2)33)15-14-27-25-12-8-21-16-23(34)11-13-24(21)28(25)26(17-29(27,30)3)20-6-9-22(10-7-20)31(4)5/h6-7,9-10,16,25-27H,8,11-15,17H2,1-5H3/t25?,26?,27?,29-,30?/m0/s1. The van der Waals surface area contributed by atoms with Crippen molar-refractivity contribution in [3.8, 4) is 0 Å². The van der Waals surface area contributed by atoms with Crippen LogP contribution in [0.4, 0.5) is 5.69 Å². The van der Waals surface area contributed by atoms with Crippen molar-refractivity contribution in [2.45, 2.75) is 77.2 Å². The normalized spacial score (nSPS) is 33.9. The topological polar surface area (TPSA) is 63.7 Å². The molecule has 0 aliphatic heterocycles. The van der Waals surface area contributed by atoms with Crippen LogP contribution >= 0.6 is 0 Å². The molecule has 4 aliphatic carbocycles. The first kappa shape index (κ1) is 24.0. The van der Waals surface area contributed by atoms with Crippen molar-refractivity contribution in [3.63, 3.8) is 0 Å². The van der Waals surface area contributed by atoms with Gasteiger partial charge in [-0.15, -0.1) is 0 Å². The second-order valence-corrected chi connectivity index (χ2v) is 11.5. The lowest BCUT2D eigenvalue weighted by Crippen LogP contribution is -2.57. The van der Waals surface area contributed by atoms with Crippen molar-refractivity contribution < 1.29 is 19.1 Å². The number of esters is 1. The predicted octanol–water partition coefficient (Wildman–Crippen LogP) is 5.54. The Kier molecular flexibility index (Phi) is 5.81. The highest BCUT2D eigenvalue weighted by molar-refractivity contribution is 5.93. The number of hydrogen-bond donors (Lipinski definition) is 0. The molecule has 0 bridgehead atoms. The third-order valence-electron chi connectivity index (χ3n) is 9.55. The summed E-state index contributed by atoms with van der Waals surface area (Å²) in [5.41, 5.74) is 4.98. The number of nitrogens with zero attached hydrogens (tertiary/aromatic N) is 1. The zero-order valence-electron chi connectivity index (χ0n) is 21.6. The molecule has 5 heteroatoms. The van der Waals surface area contributed by atoms with E-state index >= 15 is 0 Å². The van der Waals surface area contributed by atoms with Crippen LogP contribution in [0.2, 0.25) is 0 Å². The first-order valence-corrected chi connectivity index (χ1v) is 13.0. The number of benzene rings is 1. The maximum atomic E-state index is 13.2. The van der Waals surface area contributed by atoms with Gasteiger partial charge < -0.3 is 9.64 Å². The summed E-state index contributed by atoms with van der Waals surface area (Å²) in [6, 6.07) is 8.76. The van der Waals surface area contributed by atoms with Crippen molar-refractivity contribution in [3.05, 3.63) is 52.6 Å². The fourth-order valence-corrected chi connectivity index (χ4v) is 8.02. The van der Waals surface area contributed by atoms with E-state index in [1.807, 2.05) is 20.2 Å². The summed E-state index contributed by atoms with van der Waals surface area (Å²) in [5.74, 6) is 0.584. The fraction of sp³-hybridized carbons (Fsp3) is 0.567. The second-order valence-electron chi connectivity index (χ2n) is 11.5. The van der Waals surface area contributed by atoms with Crippen molar-refractivity contribution in [2.75, 3.05) is 19.0 Å². The van der Waals surface area contributed by atoms with E-state index in [4.69, 9.17) is 4.74 Å². The van der Waals surface area contributed by atoms with Gasteiger partial charge in [0.2, 0.25) is 0 Å². The minimum Gasteiger partial charge on any atom is -0.451 e. The molecular weight excluding hydrogens is 438 g/mol. The molecule has 35 heavy (non-hydrogen) atoms. The van der Waals surface area contributed by atoms with E-state index in [1.165, 1.54) is 29.2 Å². The molecule has 2 fully saturated rings. The highest BCUT2D eigenvalue weighted by Gasteiger charge is 2.67. The molecule has 4 aliphatic rings. The molecule has 0 heterocycles. The maximum absolute atomic E-state index is 13.2. The van der Waals surface area contributed by atoms with Crippen LogP contribution in [-0.2, 0) is 19.1 Å². The quantitative estimate of drug-likeness (QED) is 0.535. The molecule has 5 nitrogen and oxygen atoms in total. The lowest BCUT2D eigenvalue weighted by atomic mass is 9.50. The van der Waals surface area contributed by atoms with E-state index < -0.39 is 11.0 Å². The van der Waals surface area contributed by atoms with Gasteiger partial charge in [-0.1, -0.05) is 24.6 Å². The van der Waals surface area contributed by atoms with E-state index in [2.05, 4.69) is 36.1 Å². The second kappa shape index (κ2) is 8.46. The van der Waals surface area contributed by atoms with E-state index in [9.17, 15) is 14.4 Å². The van der Waals surface area contributed by atoms with Crippen LogP contribution in [0.25, 0.3) is 0 Å². The molecule has 5 atom stereocenters. The summed E-state index contributed by atoms with van der Waals surface area (Å²) in [7, 11) is 4.08. The van der Waals surface area contributed by atoms with Gasteiger partial charge in [0.25, 0.3) is 0 Å². The van der Waals surface area contributed by atoms with E-state index in [0.717, 1.165) is 37.8 Å². The summed E-state index contributed by atoms with van der Waals surface area (Å²) >= 11 is 0. The summed E-state index contributed by atoms with van der Waals surface area (Å²) in [6.45, 7) is 5.22. The van der Waals surface area contributed by atoms with Gasteiger partial charge in [-0.25, -0.2) is 0 Å². The van der Waals surface area contributed by atoms with Gasteiger partial charge in [-0.05, 0) is 92.2 Å². The smallest absolute Gasteiger partial charge is 0.303 e. The predicted molar refractivity (Wildman–Crippen MR) is 136 cm³/mol. The van der Waals surface area contributed by atoms with Crippen LogP contribution in [0, 0.1) is 17.3 Å². The fourth-order valence-electron chi connectivity index (χ4n) is 8.02. The summed E-state index contributed by atoms with van der Waals surface area (Å²) in [6.07, 6.45) is 7.41. The number of fused-ring (bicyclic) bond motifs is 4. The number of hydrogen-bond acceptors (Lipinski definition) is 5. The highest BCUT2D eigenvalue weighted by Crippen LogP contribution is 2.67. The Morgan fingerprint density at radius 2 is 1.74 bits per heavy atom. The lowest BCUT2D eigenvalue weighted by molar-refractivity contribution is -0.182. The van der Waals surface area contributed by atoms with Crippen molar-refractivity contribution in [1.29, 1.82) is 0 Å². The highest BCUT2D eigenvalue weighted by atomic mass is 16.6. The Labute approximate surface area is 208 Å². The van der Waals surface area contributed by atoms with Gasteiger partial charge in [0, 0.05) is 44.5 Å². The van der Waals surface area contributed by atoms with Gasteiger partial charge in [0.05, 0.1) is 0 Å². The first-order chi connectivity index (χ1) is 16.6. The zero-order valence-corrected chi connectivity index (χ0v) is 21.6. The van der Waals surface area contributed by atoms with Crippen LogP contribution in [0.5, 0.6) is 0 Å². The molecule has 5 rings (SSSR count). The summed E-state index contributed by atoms with van der Waals surface area (Å²) in [5, 5.41) is 0. The van der Waals surface area contributed by atoms with Crippen molar-refractivity contribution in [2.24, 2.45) is 17.3 Å². The van der Waals surface area contributed by atoms with Gasteiger partial charge in [0.15, 0.2) is 17.2 Å². The van der Waals surface area contributed by atoms with Gasteiger partial charge in [0.1, 0.15) is 0 Å². The maximum Gasteiger partial charge on any atom is 0.303 e. The average Bonchev–Trinajstić information content (AvgIpc) is 3.10. The van der Waals surface area contributed by atoms with E-state index in [-0.39, 0.29) is 29.4 Å². The molecule has 0 aromatic heterocycles. The Bertz CT molecular complexity index is 1140. The van der Waals surface area contributed by atoms with Crippen molar-refractivity contribution >= 4 is 23.2 Å².